The highest BCUT2D eigenvalue weighted by molar-refractivity contribution is 7.99. The van der Waals surface area contributed by atoms with Crippen molar-refractivity contribution in [3.63, 3.8) is 0 Å². The predicted octanol–water partition coefficient (Wildman–Crippen LogP) is 6.48. The summed E-state index contributed by atoms with van der Waals surface area (Å²) >= 11 is 1.90. The highest BCUT2D eigenvalue weighted by Crippen LogP contribution is 2.21. The number of aryl methyl sites for hydroxylation is 1. The van der Waals surface area contributed by atoms with Crippen molar-refractivity contribution in [1.82, 2.24) is 0 Å². The summed E-state index contributed by atoms with van der Waals surface area (Å²) in [5, 5.41) is 0. The van der Waals surface area contributed by atoms with E-state index in [-0.39, 0.29) is 0 Å². The van der Waals surface area contributed by atoms with Crippen LogP contribution >= 0.6 is 11.8 Å². The minimum absolute atomic E-state index is 1.01. The van der Waals surface area contributed by atoms with Gasteiger partial charge in [-0.05, 0) is 30.2 Å². The molecule has 0 atom stereocenters. The number of hydrogen-bond acceptors (Lipinski definition) is 1. The maximum Gasteiger partial charge on any atom is 0.129 e. The lowest BCUT2D eigenvalue weighted by atomic mass is 10.0. The van der Waals surface area contributed by atoms with E-state index in [1.807, 2.05) is 11.8 Å². The van der Waals surface area contributed by atoms with Gasteiger partial charge in [-0.3, -0.25) is 0 Å². The van der Waals surface area contributed by atoms with Crippen molar-refractivity contribution in [3.8, 4) is 22.9 Å². The first kappa shape index (κ1) is 21.6. The van der Waals surface area contributed by atoms with Crippen LogP contribution in [0.3, 0.4) is 0 Å². The van der Waals surface area contributed by atoms with Crippen molar-refractivity contribution in [2.24, 2.45) is 0 Å². The van der Waals surface area contributed by atoms with Crippen LogP contribution in [0.1, 0.15) is 16.7 Å². The summed E-state index contributed by atoms with van der Waals surface area (Å²) in [7, 11) is -2.85. The fourth-order valence-corrected chi connectivity index (χ4v) is 4.28. The molecule has 0 unspecified atom stereocenters. The third-order valence-electron chi connectivity index (χ3n) is 3.67. The van der Waals surface area contributed by atoms with Gasteiger partial charge in [-0.2, -0.15) is 0 Å². The summed E-state index contributed by atoms with van der Waals surface area (Å²) in [6.07, 6.45) is 1.01. The van der Waals surface area contributed by atoms with Crippen molar-refractivity contribution in [2.45, 2.75) is 50.6 Å². The van der Waals surface area contributed by atoms with Gasteiger partial charge >= 0.3 is 0 Å². The van der Waals surface area contributed by atoms with Gasteiger partial charge in [0.05, 0.1) is 0 Å². The number of hydrogen-bond donors (Lipinski definition) is 0. The van der Waals surface area contributed by atoms with E-state index in [0.717, 1.165) is 23.3 Å². The van der Waals surface area contributed by atoms with Crippen LogP contribution in [0.4, 0.5) is 0 Å². The van der Waals surface area contributed by atoms with E-state index in [4.69, 9.17) is 0 Å². The van der Waals surface area contributed by atoms with Crippen molar-refractivity contribution < 1.29 is 0 Å². The molecule has 0 aliphatic heterocycles. The molecule has 0 radical (unpaired) electrons. The average molecular weight is 407 g/mol. The predicted molar refractivity (Wildman–Crippen MR) is 128 cm³/mol. The summed E-state index contributed by atoms with van der Waals surface area (Å²) in [6, 6.07) is 17.1. The van der Waals surface area contributed by atoms with Crippen LogP contribution in [0.2, 0.25) is 39.3 Å². The molecule has 0 spiro atoms. The molecule has 3 heteroatoms. The molecular weight excluding hydrogens is 377 g/mol. The Hall–Kier alpha value is -1.66. The van der Waals surface area contributed by atoms with E-state index in [2.05, 4.69) is 111 Å². The van der Waals surface area contributed by atoms with Gasteiger partial charge in [-0.15, -0.1) is 22.8 Å². The molecule has 0 amide bonds. The van der Waals surface area contributed by atoms with E-state index in [0.29, 0.717) is 0 Å². The molecule has 0 aliphatic carbocycles. The second-order valence-corrected chi connectivity index (χ2v) is 19.4. The van der Waals surface area contributed by atoms with Crippen LogP contribution in [0.15, 0.2) is 53.4 Å². The van der Waals surface area contributed by atoms with Crippen molar-refractivity contribution in [3.05, 3.63) is 65.2 Å². The van der Waals surface area contributed by atoms with Gasteiger partial charge in [0.15, 0.2) is 0 Å². The Morgan fingerprint density at radius 2 is 1.37 bits per heavy atom. The van der Waals surface area contributed by atoms with E-state index in [1.54, 1.807) is 0 Å². The van der Waals surface area contributed by atoms with Gasteiger partial charge in [-0.25, -0.2) is 0 Å². The fraction of sp³-hybridized carbons (Fsp3) is 0.333. The van der Waals surface area contributed by atoms with Crippen LogP contribution in [-0.2, 0) is 6.42 Å². The monoisotopic (exact) mass is 406 g/mol. The average Bonchev–Trinajstić information content (AvgIpc) is 2.58. The zero-order chi connectivity index (χ0) is 19.9. The summed E-state index contributed by atoms with van der Waals surface area (Å²) in [4.78, 5) is 1.32. The molecule has 0 N–H and O–H groups in total. The second kappa shape index (κ2) is 9.51. The SMILES string of the molecule is C[Si](C)(C)C#Cc1cccc(CCSc2ccccc2)c1C#C[Si](C)(C)C. The molecule has 0 fully saturated rings. The zero-order valence-electron chi connectivity index (χ0n) is 17.4. The highest BCUT2D eigenvalue weighted by atomic mass is 32.2. The minimum Gasteiger partial charge on any atom is -0.127 e. The van der Waals surface area contributed by atoms with Crippen LogP contribution < -0.4 is 0 Å². The van der Waals surface area contributed by atoms with Crippen LogP contribution in [0.5, 0.6) is 0 Å². The molecule has 0 saturated carbocycles. The molecular formula is C24H30SSi2. The Kier molecular flexibility index (Phi) is 7.62. The van der Waals surface area contributed by atoms with Gasteiger partial charge in [0, 0.05) is 21.8 Å². The topological polar surface area (TPSA) is 0 Å². The first-order chi connectivity index (χ1) is 12.6. The van der Waals surface area contributed by atoms with Gasteiger partial charge in [0.25, 0.3) is 0 Å². The van der Waals surface area contributed by atoms with Crippen molar-refractivity contribution in [1.29, 1.82) is 0 Å². The molecule has 0 nitrogen and oxygen atoms in total. The Balaban J connectivity index is 2.31. The molecule has 0 saturated heterocycles. The largest absolute Gasteiger partial charge is 0.129 e. The molecule has 27 heavy (non-hydrogen) atoms. The van der Waals surface area contributed by atoms with Crippen molar-refractivity contribution >= 4 is 27.9 Å². The third-order valence-corrected chi connectivity index (χ3v) is 6.43. The summed E-state index contributed by atoms with van der Waals surface area (Å²) in [5.74, 6) is 8.03. The Bertz CT molecular complexity index is 880. The van der Waals surface area contributed by atoms with E-state index in [9.17, 15) is 0 Å². The van der Waals surface area contributed by atoms with E-state index in [1.165, 1.54) is 10.5 Å². The molecule has 0 aromatic heterocycles. The molecule has 140 valence electrons. The first-order valence-electron chi connectivity index (χ1n) is 9.50. The van der Waals surface area contributed by atoms with Gasteiger partial charge < -0.3 is 0 Å². The molecule has 2 aromatic carbocycles. The minimum atomic E-state index is -1.44. The van der Waals surface area contributed by atoms with Crippen LogP contribution in [0.25, 0.3) is 0 Å². The molecule has 0 heterocycles. The second-order valence-electron chi connectivity index (χ2n) is 8.75. The molecule has 0 bridgehead atoms. The number of rotatable bonds is 4. The smallest absolute Gasteiger partial charge is 0.127 e. The molecule has 0 aliphatic rings. The zero-order valence-corrected chi connectivity index (χ0v) is 20.3. The summed E-state index contributed by atoms with van der Waals surface area (Å²) in [6.45, 7) is 13.7. The molecule has 2 aromatic rings. The quantitative estimate of drug-likeness (QED) is 0.318. The lowest BCUT2D eigenvalue weighted by Gasteiger charge is -2.10. The fourth-order valence-electron chi connectivity index (χ4n) is 2.36. The Morgan fingerprint density at radius 3 is 2.00 bits per heavy atom. The normalized spacial score (nSPS) is 11.2. The van der Waals surface area contributed by atoms with Gasteiger partial charge in [0.1, 0.15) is 16.1 Å². The highest BCUT2D eigenvalue weighted by Gasteiger charge is 2.11. The van der Waals surface area contributed by atoms with Gasteiger partial charge in [0.2, 0.25) is 0 Å². The first-order valence-corrected chi connectivity index (χ1v) is 17.5. The Morgan fingerprint density at radius 1 is 0.741 bits per heavy atom. The maximum atomic E-state index is 3.55. The van der Waals surface area contributed by atoms with E-state index >= 15 is 0 Å². The van der Waals surface area contributed by atoms with Crippen LogP contribution in [-0.4, -0.2) is 21.9 Å². The lowest BCUT2D eigenvalue weighted by Crippen LogP contribution is -2.17. The van der Waals surface area contributed by atoms with E-state index < -0.39 is 16.1 Å². The summed E-state index contributed by atoms with van der Waals surface area (Å²) < 4.78 is 0. The standard InChI is InChI=1S/C24H30SSi2/c1-26(2,3)19-16-22-12-10-11-21(24(22)17-20-27(4,5)6)15-18-25-23-13-8-7-9-14-23/h7-14H,15,18H2,1-6H3. The maximum absolute atomic E-state index is 3.55. The number of thioether (sulfide) groups is 1. The van der Waals surface area contributed by atoms with Gasteiger partial charge in [-0.1, -0.05) is 81.5 Å². The third kappa shape index (κ3) is 8.27. The lowest BCUT2D eigenvalue weighted by molar-refractivity contribution is 1.14. The summed E-state index contributed by atoms with van der Waals surface area (Å²) in [5.41, 5.74) is 10.6. The number of benzene rings is 2. The van der Waals surface area contributed by atoms with Crippen molar-refractivity contribution in [2.75, 3.05) is 5.75 Å². The Labute approximate surface area is 172 Å². The van der Waals surface area contributed by atoms with Crippen LogP contribution in [0, 0.1) is 22.9 Å². The molecule has 2 rings (SSSR count).